The Hall–Kier alpha value is -2.21. The molecule has 0 spiro atoms. The number of carbonyl (C=O) groups is 1. The highest BCUT2D eigenvalue weighted by Gasteiger charge is 2.19. The molecule has 1 aliphatic heterocycles. The van der Waals surface area contributed by atoms with Crippen LogP contribution >= 0.6 is 0 Å². The van der Waals surface area contributed by atoms with Crippen molar-refractivity contribution < 1.29 is 4.79 Å². The second-order valence-corrected chi connectivity index (χ2v) is 5.38. The van der Waals surface area contributed by atoms with Gasteiger partial charge < -0.3 is 9.80 Å². The van der Waals surface area contributed by atoms with Crippen LogP contribution in [-0.4, -0.2) is 58.5 Å². The van der Waals surface area contributed by atoms with E-state index < -0.39 is 0 Å². The highest BCUT2D eigenvalue weighted by molar-refractivity contribution is 5.79. The predicted octanol–water partition coefficient (Wildman–Crippen LogP) is 0.171. The van der Waals surface area contributed by atoms with E-state index in [4.69, 9.17) is 0 Å². The molecule has 0 bridgehead atoms. The minimum Gasteiger partial charge on any atom is -0.339 e. The number of nitrogens with zero attached hydrogens (tertiary/aromatic N) is 4. The minimum atomic E-state index is -0.164. The van der Waals surface area contributed by atoms with Gasteiger partial charge in [-0.05, 0) is 19.2 Å². The number of aromatic nitrogens is 2. The van der Waals surface area contributed by atoms with Gasteiger partial charge in [0.05, 0.1) is 17.2 Å². The van der Waals surface area contributed by atoms with Crippen molar-refractivity contribution in [3.05, 3.63) is 40.9 Å². The molecule has 0 saturated carbocycles. The molecule has 1 saturated heterocycles. The highest BCUT2D eigenvalue weighted by atomic mass is 16.2. The summed E-state index contributed by atoms with van der Waals surface area (Å²) in [5, 5.41) is 0.547. The van der Waals surface area contributed by atoms with Crippen LogP contribution in [0.1, 0.15) is 0 Å². The maximum absolute atomic E-state index is 12.3. The van der Waals surface area contributed by atoms with E-state index in [1.807, 2.05) is 18.0 Å². The molecule has 0 radical (unpaired) electrons. The van der Waals surface area contributed by atoms with Crippen molar-refractivity contribution in [3.63, 3.8) is 0 Å². The standard InChI is InChI=1S/C15H18N4O2/c1-17-6-8-18(9-7-17)14(20)10-19-11-16-13-5-3-2-4-12(13)15(19)21/h2-5,11H,6-10H2,1H3. The molecular weight excluding hydrogens is 268 g/mol. The Morgan fingerprint density at radius 2 is 1.90 bits per heavy atom. The summed E-state index contributed by atoms with van der Waals surface area (Å²) in [6.07, 6.45) is 1.46. The van der Waals surface area contributed by atoms with Crippen molar-refractivity contribution in [3.8, 4) is 0 Å². The van der Waals surface area contributed by atoms with Crippen LogP contribution in [0, 0.1) is 0 Å². The first-order chi connectivity index (χ1) is 10.1. The third-order valence-corrected chi connectivity index (χ3v) is 3.89. The second-order valence-electron chi connectivity index (χ2n) is 5.38. The minimum absolute atomic E-state index is 0.0257. The van der Waals surface area contributed by atoms with Crippen LogP contribution in [0.25, 0.3) is 10.9 Å². The first kappa shape index (κ1) is 13.8. The molecule has 0 aliphatic carbocycles. The van der Waals surface area contributed by atoms with Crippen LogP contribution in [0.4, 0.5) is 0 Å². The maximum atomic E-state index is 12.3. The Morgan fingerprint density at radius 1 is 1.19 bits per heavy atom. The summed E-state index contributed by atoms with van der Waals surface area (Å²) in [4.78, 5) is 32.9. The molecule has 21 heavy (non-hydrogen) atoms. The molecule has 2 heterocycles. The van der Waals surface area contributed by atoms with Crippen molar-refractivity contribution in [2.45, 2.75) is 6.54 Å². The Bertz CT molecular complexity index is 717. The van der Waals surface area contributed by atoms with Crippen molar-refractivity contribution >= 4 is 16.8 Å². The fourth-order valence-corrected chi connectivity index (χ4v) is 2.52. The number of amides is 1. The number of rotatable bonds is 2. The predicted molar refractivity (Wildman–Crippen MR) is 80.1 cm³/mol. The number of fused-ring (bicyclic) bond motifs is 1. The van der Waals surface area contributed by atoms with Crippen LogP contribution in [0.2, 0.25) is 0 Å². The number of hydrogen-bond donors (Lipinski definition) is 0. The van der Waals surface area contributed by atoms with Gasteiger partial charge in [-0.25, -0.2) is 4.98 Å². The Morgan fingerprint density at radius 3 is 2.67 bits per heavy atom. The van der Waals surface area contributed by atoms with Crippen molar-refractivity contribution in [2.75, 3.05) is 33.2 Å². The summed E-state index contributed by atoms with van der Waals surface area (Å²) in [5.74, 6) is -0.0257. The lowest BCUT2D eigenvalue weighted by molar-refractivity contribution is -0.133. The fraction of sp³-hybridized carbons (Fsp3) is 0.400. The number of likely N-dealkylation sites (N-methyl/N-ethyl adjacent to an activating group) is 1. The third-order valence-electron chi connectivity index (χ3n) is 3.89. The molecule has 0 unspecified atom stereocenters. The van der Waals surface area contributed by atoms with Gasteiger partial charge in [0.15, 0.2) is 0 Å². The molecule has 110 valence electrons. The first-order valence-electron chi connectivity index (χ1n) is 7.05. The zero-order chi connectivity index (χ0) is 14.8. The van der Waals surface area contributed by atoms with Gasteiger partial charge in [-0.2, -0.15) is 0 Å². The monoisotopic (exact) mass is 286 g/mol. The van der Waals surface area contributed by atoms with Gasteiger partial charge in [-0.3, -0.25) is 14.2 Å². The number of carbonyl (C=O) groups excluding carboxylic acids is 1. The zero-order valence-electron chi connectivity index (χ0n) is 12.0. The summed E-state index contributed by atoms with van der Waals surface area (Å²) < 4.78 is 1.39. The summed E-state index contributed by atoms with van der Waals surface area (Å²) in [7, 11) is 2.04. The van der Waals surface area contributed by atoms with E-state index in [0.717, 1.165) is 13.1 Å². The molecule has 0 N–H and O–H groups in total. The van der Waals surface area contributed by atoms with Crippen LogP contribution in [-0.2, 0) is 11.3 Å². The molecule has 1 amide bonds. The van der Waals surface area contributed by atoms with Gasteiger partial charge in [0.2, 0.25) is 5.91 Å². The normalized spacial score (nSPS) is 16.3. The van der Waals surface area contributed by atoms with Crippen molar-refractivity contribution in [1.29, 1.82) is 0 Å². The highest BCUT2D eigenvalue weighted by Crippen LogP contribution is 2.05. The second kappa shape index (κ2) is 5.65. The van der Waals surface area contributed by atoms with Crippen LogP contribution in [0.3, 0.4) is 0 Å². The smallest absolute Gasteiger partial charge is 0.261 e. The van der Waals surface area contributed by atoms with E-state index in [0.29, 0.717) is 24.0 Å². The summed E-state index contributed by atoms with van der Waals surface area (Å²) in [6, 6.07) is 7.18. The average molecular weight is 286 g/mol. The molecule has 6 heteroatoms. The quantitative estimate of drug-likeness (QED) is 0.790. The van der Waals surface area contributed by atoms with E-state index in [2.05, 4.69) is 9.88 Å². The maximum Gasteiger partial charge on any atom is 0.261 e. The lowest BCUT2D eigenvalue weighted by atomic mass is 10.2. The molecule has 0 atom stereocenters. The Labute approximate surface area is 122 Å². The number of benzene rings is 1. The first-order valence-corrected chi connectivity index (χ1v) is 7.05. The fourth-order valence-electron chi connectivity index (χ4n) is 2.52. The molecule has 6 nitrogen and oxygen atoms in total. The van der Waals surface area contributed by atoms with Gasteiger partial charge in [-0.15, -0.1) is 0 Å². The largest absolute Gasteiger partial charge is 0.339 e. The topological polar surface area (TPSA) is 58.4 Å². The molecule has 1 aromatic carbocycles. The number of hydrogen-bond acceptors (Lipinski definition) is 4. The molecular formula is C15H18N4O2. The van der Waals surface area contributed by atoms with E-state index in [9.17, 15) is 9.59 Å². The van der Waals surface area contributed by atoms with Gasteiger partial charge in [0.25, 0.3) is 5.56 Å². The summed E-state index contributed by atoms with van der Waals surface area (Å²) in [5.41, 5.74) is 0.494. The van der Waals surface area contributed by atoms with E-state index in [1.54, 1.807) is 18.2 Å². The van der Waals surface area contributed by atoms with Crippen molar-refractivity contribution in [1.82, 2.24) is 19.4 Å². The van der Waals surface area contributed by atoms with Crippen LogP contribution in [0.5, 0.6) is 0 Å². The zero-order valence-corrected chi connectivity index (χ0v) is 12.0. The molecule has 1 aromatic heterocycles. The van der Waals surface area contributed by atoms with Gasteiger partial charge >= 0.3 is 0 Å². The van der Waals surface area contributed by atoms with E-state index in [-0.39, 0.29) is 18.0 Å². The van der Waals surface area contributed by atoms with Crippen LogP contribution < -0.4 is 5.56 Å². The molecule has 1 aliphatic rings. The average Bonchev–Trinajstić information content (AvgIpc) is 2.51. The summed E-state index contributed by atoms with van der Waals surface area (Å²) in [6.45, 7) is 3.23. The van der Waals surface area contributed by atoms with E-state index in [1.165, 1.54) is 10.9 Å². The van der Waals surface area contributed by atoms with Gasteiger partial charge in [-0.1, -0.05) is 12.1 Å². The van der Waals surface area contributed by atoms with E-state index >= 15 is 0 Å². The van der Waals surface area contributed by atoms with Crippen molar-refractivity contribution in [2.24, 2.45) is 0 Å². The summed E-state index contributed by atoms with van der Waals surface area (Å²) >= 11 is 0. The molecule has 3 rings (SSSR count). The lowest BCUT2D eigenvalue weighted by Crippen LogP contribution is -2.48. The third kappa shape index (κ3) is 2.80. The molecule has 2 aromatic rings. The lowest BCUT2D eigenvalue weighted by Gasteiger charge is -2.32. The Balaban J connectivity index is 1.80. The number of piperazine rings is 1. The molecule has 1 fully saturated rings. The van der Waals surface area contributed by atoms with Crippen LogP contribution in [0.15, 0.2) is 35.4 Å². The number of para-hydroxylation sites is 1. The Kier molecular flexibility index (Phi) is 3.70. The van der Waals surface area contributed by atoms with Gasteiger partial charge in [0, 0.05) is 26.2 Å². The van der Waals surface area contributed by atoms with Gasteiger partial charge in [0.1, 0.15) is 6.54 Å². The SMILES string of the molecule is CN1CCN(C(=O)Cn2cnc3ccccc3c2=O)CC1.